The fraction of sp³-hybridized carbons (Fsp3) is 0.300. The number of hydrogen-bond donors (Lipinski definition) is 2. The topological polar surface area (TPSA) is 94.9 Å². The lowest BCUT2D eigenvalue weighted by Crippen LogP contribution is -2.40. The molecule has 100 valence electrons. The van der Waals surface area contributed by atoms with Crippen LogP contribution in [0.5, 0.6) is 0 Å². The number of anilines is 1. The molecule has 0 spiro atoms. The predicted octanol–water partition coefficient (Wildman–Crippen LogP) is 0.503. The lowest BCUT2D eigenvalue weighted by Gasteiger charge is -2.23. The Hall–Kier alpha value is -0.870. The third kappa shape index (κ3) is 4.10. The first-order valence-corrected chi connectivity index (χ1v) is 7.78. The Labute approximate surface area is 118 Å². The molecule has 0 aromatic heterocycles. The molecule has 0 fully saturated rings. The lowest BCUT2D eigenvalue weighted by molar-refractivity contribution is -0.145. The van der Waals surface area contributed by atoms with Crippen molar-refractivity contribution in [2.24, 2.45) is 0 Å². The summed E-state index contributed by atoms with van der Waals surface area (Å²) in [6.45, 7) is -0.519. The quantitative estimate of drug-likeness (QED) is 0.720. The van der Waals surface area contributed by atoms with Crippen molar-refractivity contribution in [2.45, 2.75) is 6.10 Å². The van der Waals surface area contributed by atoms with E-state index in [1.807, 2.05) is 0 Å². The molecule has 6 nitrogen and oxygen atoms in total. The molecule has 18 heavy (non-hydrogen) atoms. The van der Waals surface area contributed by atoms with Crippen molar-refractivity contribution >= 4 is 44.3 Å². The van der Waals surface area contributed by atoms with E-state index in [1.54, 1.807) is 24.3 Å². The summed E-state index contributed by atoms with van der Waals surface area (Å²) in [5.41, 5.74) is 0.318. The molecule has 0 radical (unpaired) electrons. The Morgan fingerprint density at radius 1 is 1.39 bits per heavy atom. The second-order valence-electron chi connectivity index (χ2n) is 3.62. The molecule has 0 aliphatic heterocycles. The minimum Gasteiger partial charge on any atom is -0.479 e. The molecule has 0 unspecified atom stereocenters. The van der Waals surface area contributed by atoms with Crippen molar-refractivity contribution in [3.63, 3.8) is 0 Å². The first-order valence-electron chi connectivity index (χ1n) is 4.86. The average molecular weight is 385 g/mol. The van der Waals surface area contributed by atoms with E-state index in [4.69, 9.17) is 5.11 Å². The van der Waals surface area contributed by atoms with Crippen LogP contribution in [0.15, 0.2) is 24.3 Å². The van der Waals surface area contributed by atoms with E-state index in [9.17, 15) is 18.3 Å². The zero-order chi connectivity index (χ0) is 13.9. The maximum Gasteiger partial charge on any atom is 0.334 e. The van der Waals surface area contributed by atoms with E-state index in [-0.39, 0.29) is 0 Å². The second kappa shape index (κ2) is 5.85. The first kappa shape index (κ1) is 15.2. The second-order valence-corrected chi connectivity index (χ2v) is 6.78. The van der Waals surface area contributed by atoms with Gasteiger partial charge in [-0.1, -0.05) is 0 Å². The molecular weight excluding hydrogens is 373 g/mol. The predicted molar refractivity (Wildman–Crippen MR) is 75.0 cm³/mol. The van der Waals surface area contributed by atoms with E-state index in [0.717, 1.165) is 14.1 Å². The van der Waals surface area contributed by atoms with Crippen LogP contribution in [0.3, 0.4) is 0 Å². The molecule has 0 aliphatic rings. The van der Waals surface area contributed by atoms with Crippen LogP contribution >= 0.6 is 22.6 Å². The van der Waals surface area contributed by atoms with Gasteiger partial charge in [0.2, 0.25) is 10.0 Å². The maximum absolute atomic E-state index is 11.6. The van der Waals surface area contributed by atoms with Crippen LogP contribution < -0.4 is 4.31 Å². The molecule has 0 heterocycles. The number of carboxylic acids is 1. The van der Waals surface area contributed by atoms with E-state index in [2.05, 4.69) is 22.6 Å². The number of aliphatic hydroxyl groups is 1. The molecule has 8 heteroatoms. The summed E-state index contributed by atoms with van der Waals surface area (Å²) in [5.74, 6) is -1.46. The van der Waals surface area contributed by atoms with E-state index in [1.165, 1.54) is 0 Å². The average Bonchev–Trinajstić information content (AvgIpc) is 2.25. The fourth-order valence-electron chi connectivity index (χ4n) is 1.27. The Morgan fingerprint density at radius 2 is 1.89 bits per heavy atom. The minimum atomic E-state index is -3.65. The number of halogens is 1. The maximum atomic E-state index is 11.6. The molecule has 1 aromatic rings. The number of carboxylic acid groups (broad SMARTS) is 1. The molecule has 2 N–H and O–H groups in total. The van der Waals surface area contributed by atoms with Crippen LogP contribution in [0, 0.1) is 3.57 Å². The molecular formula is C10H12INO5S. The van der Waals surface area contributed by atoms with Crippen molar-refractivity contribution < 1.29 is 23.4 Å². The van der Waals surface area contributed by atoms with Crippen LogP contribution in [0.25, 0.3) is 0 Å². The highest BCUT2D eigenvalue weighted by molar-refractivity contribution is 14.1. The third-order valence-corrected chi connectivity index (χ3v) is 4.02. The molecule has 1 aromatic carbocycles. The van der Waals surface area contributed by atoms with Crippen LogP contribution in [-0.2, 0) is 14.8 Å². The highest BCUT2D eigenvalue weighted by Crippen LogP contribution is 2.19. The smallest absolute Gasteiger partial charge is 0.334 e. The van der Waals surface area contributed by atoms with E-state index >= 15 is 0 Å². The van der Waals surface area contributed by atoms with Gasteiger partial charge >= 0.3 is 5.97 Å². The number of carbonyl (C=O) groups is 1. The number of sulfonamides is 1. The molecule has 0 amide bonds. The van der Waals surface area contributed by atoms with Gasteiger partial charge in [0.15, 0.2) is 6.10 Å². The highest BCUT2D eigenvalue weighted by atomic mass is 127. The molecule has 0 aliphatic carbocycles. The largest absolute Gasteiger partial charge is 0.479 e. The summed E-state index contributed by atoms with van der Waals surface area (Å²) in [6.07, 6.45) is -0.807. The first-order chi connectivity index (χ1) is 8.21. The summed E-state index contributed by atoms with van der Waals surface area (Å²) in [7, 11) is -3.65. The molecule has 0 bridgehead atoms. The van der Waals surface area contributed by atoms with Crippen LogP contribution in [-0.4, -0.2) is 43.5 Å². The van der Waals surface area contributed by atoms with Gasteiger partial charge in [-0.3, -0.25) is 4.31 Å². The summed E-state index contributed by atoms with van der Waals surface area (Å²) in [4.78, 5) is 10.6. The van der Waals surface area contributed by atoms with Gasteiger partial charge in [0.25, 0.3) is 0 Å². The fourth-order valence-corrected chi connectivity index (χ4v) is 2.55. The summed E-state index contributed by atoms with van der Waals surface area (Å²) < 4.78 is 25.0. The number of rotatable bonds is 5. The van der Waals surface area contributed by atoms with E-state index < -0.39 is 28.6 Å². The van der Waals surface area contributed by atoms with Crippen LogP contribution in [0.4, 0.5) is 5.69 Å². The molecule has 0 saturated heterocycles. The Kier molecular flexibility index (Phi) is 4.93. The van der Waals surface area contributed by atoms with Crippen molar-refractivity contribution in [3.8, 4) is 0 Å². The number of aliphatic carboxylic acids is 1. The Morgan fingerprint density at radius 3 is 2.28 bits per heavy atom. The van der Waals surface area contributed by atoms with Crippen LogP contribution in [0.1, 0.15) is 0 Å². The highest BCUT2D eigenvalue weighted by Gasteiger charge is 2.24. The molecule has 1 atom stereocenters. The zero-order valence-corrected chi connectivity index (χ0v) is 12.4. The van der Waals surface area contributed by atoms with Gasteiger partial charge < -0.3 is 10.2 Å². The Bertz CT molecular complexity index is 528. The van der Waals surface area contributed by atoms with Crippen LogP contribution in [0.2, 0.25) is 0 Å². The van der Waals surface area contributed by atoms with Crippen molar-refractivity contribution in [2.75, 3.05) is 17.1 Å². The molecule has 1 rings (SSSR count). The van der Waals surface area contributed by atoms with Gasteiger partial charge in [-0.05, 0) is 46.9 Å². The summed E-state index contributed by atoms with van der Waals surface area (Å²) in [6, 6.07) is 6.50. The minimum absolute atomic E-state index is 0.318. The van der Waals surface area contributed by atoms with Gasteiger partial charge in [-0.15, -0.1) is 0 Å². The normalized spacial score (nSPS) is 13.1. The van der Waals surface area contributed by atoms with Gasteiger partial charge in [0, 0.05) is 3.57 Å². The van der Waals surface area contributed by atoms with E-state index in [0.29, 0.717) is 5.69 Å². The van der Waals surface area contributed by atoms with Gasteiger partial charge in [-0.25, -0.2) is 13.2 Å². The zero-order valence-electron chi connectivity index (χ0n) is 9.45. The monoisotopic (exact) mass is 385 g/mol. The third-order valence-electron chi connectivity index (χ3n) is 2.14. The number of benzene rings is 1. The summed E-state index contributed by atoms with van der Waals surface area (Å²) >= 11 is 2.07. The van der Waals surface area contributed by atoms with Gasteiger partial charge in [0.1, 0.15) is 0 Å². The van der Waals surface area contributed by atoms with Gasteiger partial charge in [-0.2, -0.15) is 0 Å². The Balaban J connectivity index is 3.07. The molecule has 0 saturated carbocycles. The lowest BCUT2D eigenvalue weighted by atomic mass is 10.3. The number of aliphatic hydroxyl groups excluding tert-OH is 1. The number of nitrogens with zero attached hydrogens (tertiary/aromatic N) is 1. The SMILES string of the molecule is CS(=O)(=O)N(C[C@H](O)C(=O)O)c1ccc(I)cc1. The van der Waals surface area contributed by atoms with Crippen molar-refractivity contribution in [3.05, 3.63) is 27.8 Å². The van der Waals surface area contributed by atoms with Crippen molar-refractivity contribution in [1.29, 1.82) is 0 Å². The number of hydrogen-bond acceptors (Lipinski definition) is 4. The standard InChI is InChI=1S/C10H12INO5S/c1-18(16,17)12(6-9(13)10(14)15)8-4-2-7(11)3-5-8/h2-5,9,13H,6H2,1H3,(H,14,15)/t9-/m0/s1. The van der Waals surface area contributed by atoms with Crippen molar-refractivity contribution in [1.82, 2.24) is 0 Å². The van der Waals surface area contributed by atoms with Gasteiger partial charge in [0.05, 0.1) is 18.5 Å². The summed E-state index contributed by atoms with van der Waals surface area (Å²) in [5, 5.41) is 17.9.